The van der Waals surface area contributed by atoms with Crippen molar-refractivity contribution in [1.82, 2.24) is 10.6 Å². The number of amides is 1. The lowest BCUT2D eigenvalue weighted by molar-refractivity contribution is -0.121. The maximum absolute atomic E-state index is 11.7. The van der Waals surface area contributed by atoms with E-state index in [-0.39, 0.29) is 18.0 Å². The summed E-state index contributed by atoms with van der Waals surface area (Å²) >= 11 is 0. The van der Waals surface area contributed by atoms with Crippen molar-refractivity contribution in [2.75, 3.05) is 19.8 Å². The molecule has 100 valence electrons. The molecule has 1 amide bonds. The Morgan fingerprint density at radius 3 is 2.94 bits per heavy atom. The van der Waals surface area contributed by atoms with Gasteiger partial charge in [0.05, 0.1) is 18.8 Å². The van der Waals surface area contributed by atoms with Crippen LogP contribution in [0.15, 0.2) is 22.8 Å². The van der Waals surface area contributed by atoms with Crippen LogP contribution in [0.2, 0.25) is 0 Å². The van der Waals surface area contributed by atoms with Crippen LogP contribution in [0.5, 0.6) is 0 Å². The Labute approximate surface area is 107 Å². The number of rotatable bonds is 5. The zero-order valence-corrected chi connectivity index (χ0v) is 10.6. The van der Waals surface area contributed by atoms with Crippen molar-refractivity contribution in [3.05, 3.63) is 24.2 Å². The summed E-state index contributed by atoms with van der Waals surface area (Å²) < 4.78 is 10.5. The number of ether oxygens (including phenoxy) is 1. The number of nitrogens with one attached hydrogen (secondary N) is 2. The van der Waals surface area contributed by atoms with Gasteiger partial charge in [-0.3, -0.25) is 10.1 Å². The lowest BCUT2D eigenvalue weighted by Gasteiger charge is -2.23. The summed E-state index contributed by atoms with van der Waals surface area (Å²) in [6.45, 7) is 3.75. The number of carbonyl (C=O) groups is 1. The molecule has 2 N–H and O–H groups in total. The SMILES string of the molecule is CC(NCC(=O)NC1CCOCC1)c1ccco1. The predicted molar refractivity (Wildman–Crippen MR) is 67.1 cm³/mol. The zero-order chi connectivity index (χ0) is 12.8. The smallest absolute Gasteiger partial charge is 0.234 e. The highest BCUT2D eigenvalue weighted by Gasteiger charge is 2.16. The van der Waals surface area contributed by atoms with Gasteiger partial charge in [0.2, 0.25) is 5.91 Å². The van der Waals surface area contributed by atoms with Gasteiger partial charge in [-0.1, -0.05) is 0 Å². The van der Waals surface area contributed by atoms with Gasteiger partial charge in [-0.05, 0) is 31.9 Å². The molecule has 1 saturated heterocycles. The average Bonchev–Trinajstić information content (AvgIpc) is 2.91. The van der Waals surface area contributed by atoms with Crippen LogP contribution in [0.3, 0.4) is 0 Å². The van der Waals surface area contributed by atoms with Crippen LogP contribution < -0.4 is 10.6 Å². The number of carbonyl (C=O) groups excluding carboxylic acids is 1. The highest BCUT2D eigenvalue weighted by molar-refractivity contribution is 5.78. The molecule has 18 heavy (non-hydrogen) atoms. The van der Waals surface area contributed by atoms with E-state index >= 15 is 0 Å². The van der Waals surface area contributed by atoms with Crippen LogP contribution in [-0.2, 0) is 9.53 Å². The maximum atomic E-state index is 11.7. The lowest BCUT2D eigenvalue weighted by Crippen LogP contribution is -2.43. The second-order valence-corrected chi connectivity index (χ2v) is 4.57. The Morgan fingerprint density at radius 2 is 2.28 bits per heavy atom. The van der Waals surface area contributed by atoms with Crippen molar-refractivity contribution < 1.29 is 13.9 Å². The summed E-state index contributed by atoms with van der Waals surface area (Å²) in [6, 6.07) is 4.04. The van der Waals surface area contributed by atoms with Crippen LogP contribution in [0.4, 0.5) is 0 Å². The van der Waals surface area contributed by atoms with Gasteiger partial charge in [0, 0.05) is 19.3 Å². The van der Waals surface area contributed by atoms with Crippen molar-refractivity contribution in [3.8, 4) is 0 Å². The third kappa shape index (κ3) is 3.85. The van der Waals surface area contributed by atoms with Gasteiger partial charge in [0.25, 0.3) is 0 Å². The fraction of sp³-hybridized carbons (Fsp3) is 0.615. The molecule has 0 aliphatic carbocycles. The number of furan rings is 1. The highest BCUT2D eigenvalue weighted by atomic mass is 16.5. The van der Waals surface area contributed by atoms with E-state index in [0.29, 0.717) is 6.54 Å². The van der Waals surface area contributed by atoms with Crippen molar-refractivity contribution >= 4 is 5.91 Å². The predicted octanol–water partition coefficient (Wildman–Crippen LogP) is 1.23. The van der Waals surface area contributed by atoms with Crippen molar-refractivity contribution in [3.63, 3.8) is 0 Å². The third-order valence-corrected chi connectivity index (χ3v) is 3.13. The van der Waals surface area contributed by atoms with Gasteiger partial charge >= 0.3 is 0 Å². The Morgan fingerprint density at radius 1 is 1.50 bits per heavy atom. The molecular weight excluding hydrogens is 232 g/mol. The monoisotopic (exact) mass is 252 g/mol. The van der Waals surface area contributed by atoms with E-state index in [1.165, 1.54) is 0 Å². The van der Waals surface area contributed by atoms with Gasteiger partial charge < -0.3 is 14.5 Å². The average molecular weight is 252 g/mol. The summed E-state index contributed by atoms with van der Waals surface area (Å²) in [6.07, 6.45) is 3.44. The molecule has 0 saturated carbocycles. The Bertz CT molecular complexity index is 358. The van der Waals surface area contributed by atoms with E-state index in [2.05, 4.69) is 10.6 Å². The van der Waals surface area contributed by atoms with Gasteiger partial charge in [0.1, 0.15) is 5.76 Å². The highest BCUT2D eigenvalue weighted by Crippen LogP contribution is 2.11. The maximum Gasteiger partial charge on any atom is 0.234 e. The van der Waals surface area contributed by atoms with Crippen LogP contribution >= 0.6 is 0 Å². The summed E-state index contributed by atoms with van der Waals surface area (Å²) in [4.78, 5) is 11.7. The fourth-order valence-electron chi connectivity index (χ4n) is 2.00. The standard InChI is InChI=1S/C13H20N2O3/c1-10(12-3-2-6-18-12)14-9-13(16)15-11-4-7-17-8-5-11/h2-3,6,10-11,14H,4-5,7-9H2,1H3,(H,15,16). The molecule has 2 rings (SSSR count). The molecule has 5 nitrogen and oxygen atoms in total. The lowest BCUT2D eigenvalue weighted by atomic mass is 10.1. The molecule has 1 unspecified atom stereocenters. The second kappa shape index (κ2) is 6.56. The van der Waals surface area contributed by atoms with Crippen LogP contribution in [0, 0.1) is 0 Å². The topological polar surface area (TPSA) is 63.5 Å². The van der Waals surface area contributed by atoms with E-state index in [0.717, 1.165) is 31.8 Å². The molecular formula is C13H20N2O3. The molecule has 5 heteroatoms. The molecule has 1 atom stereocenters. The molecule has 1 aromatic rings. The minimum atomic E-state index is 0.0281. The summed E-state index contributed by atoms with van der Waals surface area (Å²) in [5.74, 6) is 0.870. The number of hydrogen-bond donors (Lipinski definition) is 2. The molecule has 1 aliphatic rings. The third-order valence-electron chi connectivity index (χ3n) is 3.13. The Kier molecular flexibility index (Phi) is 4.78. The van der Waals surface area contributed by atoms with E-state index in [9.17, 15) is 4.79 Å². The van der Waals surface area contributed by atoms with Gasteiger partial charge in [0.15, 0.2) is 0 Å². The normalized spacial score (nSPS) is 18.5. The molecule has 1 aliphatic heterocycles. The van der Waals surface area contributed by atoms with Gasteiger partial charge in [-0.25, -0.2) is 0 Å². The van der Waals surface area contributed by atoms with E-state index < -0.39 is 0 Å². The van der Waals surface area contributed by atoms with Crippen LogP contribution in [0.1, 0.15) is 31.6 Å². The molecule has 0 bridgehead atoms. The molecule has 0 aromatic carbocycles. The first-order valence-corrected chi connectivity index (χ1v) is 6.39. The van der Waals surface area contributed by atoms with Crippen molar-refractivity contribution in [2.24, 2.45) is 0 Å². The molecule has 0 radical (unpaired) electrons. The summed E-state index contributed by atoms with van der Waals surface area (Å²) in [7, 11) is 0. The molecule has 1 fully saturated rings. The molecule has 1 aromatic heterocycles. The first-order valence-electron chi connectivity index (χ1n) is 6.39. The summed E-state index contributed by atoms with van der Waals surface area (Å²) in [5.41, 5.74) is 0. The quantitative estimate of drug-likeness (QED) is 0.827. The first-order chi connectivity index (χ1) is 8.75. The van der Waals surface area contributed by atoms with Crippen molar-refractivity contribution in [2.45, 2.75) is 31.8 Å². The first kappa shape index (κ1) is 13.1. The van der Waals surface area contributed by atoms with Gasteiger partial charge in [-0.15, -0.1) is 0 Å². The largest absolute Gasteiger partial charge is 0.468 e. The van der Waals surface area contributed by atoms with Crippen LogP contribution in [-0.4, -0.2) is 31.7 Å². The van der Waals surface area contributed by atoms with E-state index in [1.807, 2.05) is 19.1 Å². The van der Waals surface area contributed by atoms with Crippen molar-refractivity contribution in [1.29, 1.82) is 0 Å². The van der Waals surface area contributed by atoms with Crippen LogP contribution in [0.25, 0.3) is 0 Å². The Balaban J connectivity index is 1.68. The number of hydrogen-bond acceptors (Lipinski definition) is 4. The van der Waals surface area contributed by atoms with E-state index in [1.54, 1.807) is 6.26 Å². The fourth-order valence-corrected chi connectivity index (χ4v) is 2.00. The molecule has 2 heterocycles. The minimum absolute atomic E-state index is 0.0281. The second-order valence-electron chi connectivity index (χ2n) is 4.57. The van der Waals surface area contributed by atoms with E-state index in [4.69, 9.17) is 9.15 Å². The Hall–Kier alpha value is -1.33. The molecule has 0 spiro atoms. The zero-order valence-electron chi connectivity index (χ0n) is 10.6. The summed E-state index contributed by atoms with van der Waals surface area (Å²) in [5, 5.41) is 6.14. The van der Waals surface area contributed by atoms with Gasteiger partial charge in [-0.2, -0.15) is 0 Å². The minimum Gasteiger partial charge on any atom is -0.468 e.